The first-order valence-electron chi connectivity index (χ1n) is 7.43. The highest BCUT2D eigenvalue weighted by Gasteiger charge is 2.07. The molecule has 1 N–H and O–H groups in total. The summed E-state index contributed by atoms with van der Waals surface area (Å²) in [6.07, 6.45) is 0. The minimum absolute atomic E-state index is 0.172. The molecule has 0 saturated carbocycles. The van der Waals surface area contributed by atoms with Gasteiger partial charge in [0.1, 0.15) is 0 Å². The number of aromatic nitrogens is 1. The van der Waals surface area contributed by atoms with Crippen LogP contribution in [0.2, 0.25) is 0 Å². The van der Waals surface area contributed by atoms with E-state index in [0.717, 1.165) is 15.9 Å². The molecule has 3 nitrogen and oxygen atoms in total. The lowest BCUT2D eigenvalue weighted by molar-refractivity contribution is -0.113. The van der Waals surface area contributed by atoms with E-state index in [-0.39, 0.29) is 11.7 Å². The van der Waals surface area contributed by atoms with Gasteiger partial charge in [0, 0.05) is 16.0 Å². The smallest absolute Gasteiger partial charge is 0.288 e. The predicted molar refractivity (Wildman–Crippen MR) is 99.4 cm³/mol. The highest BCUT2D eigenvalue weighted by molar-refractivity contribution is 8.00. The van der Waals surface area contributed by atoms with Crippen LogP contribution in [0.1, 0.15) is 0 Å². The zero-order valence-corrected chi connectivity index (χ0v) is 14.6. The summed E-state index contributed by atoms with van der Waals surface area (Å²) in [6.45, 7) is 0. The van der Waals surface area contributed by atoms with Crippen molar-refractivity contribution in [2.24, 2.45) is 0 Å². The minimum atomic E-state index is -2.45. The molecule has 1 heterocycles. The van der Waals surface area contributed by atoms with Crippen molar-refractivity contribution in [2.75, 3.05) is 11.1 Å². The molecule has 1 amide bonds. The maximum Gasteiger partial charge on any atom is 0.288 e. The van der Waals surface area contributed by atoms with Gasteiger partial charge in [0.25, 0.3) is 5.76 Å². The first-order valence-corrected chi connectivity index (χ1v) is 9.30. The maximum atomic E-state index is 12.3. The van der Waals surface area contributed by atoms with Crippen LogP contribution in [-0.2, 0) is 4.79 Å². The molecule has 0 aliphatic heterocycles. The third kappa shape index (κ3) is 5.17. The quantitative estimate of drug-likeness (QED) is 0.594. The second-order valence-electron chi connectivity index (χ2n) is 5.08. The molecule has 3 aromatic rings. The second kappa shape index (κ2) is 8.31. The standard InChI is InChI=1S/C18H14F2N2OS2/c19-18(20)25-14-8-6-13(7-9-14)21-16(23)11-24-17-10-5-12-3-1-2-4-15(12)22-17/h1-10,18H,11H2,(H,21,23). The van der Waals surface area contributed by atoms with Crippen LogP contribution in [0.3, 0.4) is 0 Å². The lowest BCUT2D eigenvalue weighted by Gasteiger charge is -2.06. The number of carbonyl (C=O) groups excluding carboxylic acids is 1. The number of benzene rings is 2. The molecule has 0 aliphatic carbocycles. The third-order valence-electron chi connectivity index (χ3n) is 3.29. The van der Waals surface area contributed by atoms with Gasteiger partial charge in [-0.3, -0.25) is 4.79 Å². The molecule has 7 heteroatoms. The number of para-hydroxylation sites is 1. The SMILES string of the molecule is O=C(CSc1ccc2ccccc2n1)Nc1ccc(SC(F)F)cc1. The van der Waals surface area contributed by atoms with E-state index < -0.39 is 5.76 Å². The molecule has 25 heavy (non-hydrogen) atoms. The maximum absolute atomic E-state index is 12.3. The van der Waals surface area contributed by atoms with Crippen LogP contribution in [0, 0.1) is 0 Å². The number of amides is 1. The number of rotatable bonds is 6. The molecule has 0 radical (unpaired) electrons. The van der Waals surface area contributed by atoms with Crippen molar-refractivity contribution in [3.63, 3.8) is 0 Å². The van der Waals surface area contributed by atoms with Crippen LogP contribution in [0.25, 0.3) is 10.9 Å². The van der Waals surface area contributed by atoms with Crippen LogP contribution in [0.4, 0.5) is 14.5 Å². The number of pyridine rings is 1. The van der Waals surface area contributed by atoms with Crippen LogP contribution in [0.5, 0.6) is 0 Å². The number of hydrogen-bond acceptors (Lipinski definition) is 4. The van der Waals surface area contributed by atoms with E-state index in [2.05, 4.69) is 10.3 Å². The first kappa shape index (κ1) is 17.7. The summed E-state index contributed by atoms with van der Waals surface area (Å²) in [5, 5.41) is 4.57. The van der Waals surface area contributed by atoms with Gasteiger partial charge < -0.3 is 5.32 Å². The normalized spacial score (nSPS) is 11.0. The summed E-state index contributed by atoms with van der Waals surface area (Å²) >= 11 is 1.82. The highest BCUT2D eigenvalue weighted by atomic mass is 32.2. The zero-order valence-electron chi connectivity index (χ0n) is 13.0. The highest BCUT2D eigenvalue weighted by Crippen LogP contribution is 2.26. The van der Waals surface area contributed by atoms with Crippen LogP contribution < -0.4 is 5.32 Å². The Labute approximate surface area is 152 Å². The molecule has 2 aromatic carbocycles. The summed E-state index contributed by atoms with van der Waals surface area (Å²) in [5.74, 6) is -2.40. The molecule has 0 spiro atoms. The topological polar surface area (TPSA) is 42.0 Å². The van der Waals surface area contributed by atoms with E-state index in [0.29, 0.717) is 22.3 Å². The summed E-state index contributed by atoms with van der Waals surface area (Å²) in [6, 6.07) is 18.0. The van der Waals surface area contributed by atoms with Crippen molar-refractivity contribution >= 4 is 46.0 Å². The van der Waals surface area contributed by atoms with Crippen molar-refractivity contribution < 1.29 is 13.6 Å². The van der Waals surface area contributed by atoms with Gasteiger partial charge in [0.2, 0.25) is 5.91 Å². The Kier molecular flexibility index (Phi) is 5.88. The average molecular weight is 376 g/mol. The van der Waals surface area contributed by atoms with Gasteiger partial charge in [0.15, 0.2) is 0 Å². The fourth-order valence-corrected chi connectivity index (χ4v) is 3.36. The van der Waals surface area contributed by atoms with E-state index in [9.17, 15) is 13.6 Å². The van der Waals surface area contributed by atoms with E-state index in [1.807, 2.05) is 36.4 Å². The Balaban J connectivity index is 1.55. The third-order valence-corrected chi connectivity index (χ3v) is 4.94. The molecule has 0 fully saturated rings. The monoisotopic (exact) mass is 376 g/mol. The van der Waals surface area contributed by atoms with Crippen molar-refractivity contribution in [2.45, 2.75) is 15.7 Å². The molecule has 0 atom stereocenters. The summed E-state index contributed by atoms with van der Waals surface area (Å²) in [4.78, 5) is 17.0. The lowest BCUT2D eigenvalue weighted by atomic mass is 10.2. The van der Waals surface area contributed by atoms with Crippen LogP contribution >= 0.6 is 23.5 Å². The number of fused-ring (bicyclic) bond motifs is 1. The largest absolute Gasteiger partial charge is 0.325 e. The molecular weight excluding hydrogens is 362 g/mol. The van der Waals surface area contributed by atoms with E-state index >= 15 is 0 Å². The molecule has 0 saturated heterocycles. The summed E-state index contributed by atoms with van der Waals surface area (Å²) in [5.41, 5.74) is 1.47. The predicted octanol–water partition coefficient (Wildman–Crippen LogP) is 5.28. The summed E-state index contributed by atoms with van der Waals surface area (Å²) < 4.78 is 24.5. The van der Waals surface area contributed by atoms with Crippen molar-refractivity contribution in [3.05, 3.63) is 60.7 Å². The number of nitrogens with zero attached hydrogens (tertiary/aromatic N) is 1. The van der Waals surface area contributed by atoms with Gasteiger partial charge in [0.05, 0.1) is 16.3 Å². The number of carbonyl (C=O) groups is 1. The van der Waals surface area contributed by atoms with Crippen molar-refractivity contribution in [1.29, 1.82) is 0 Å². The van der Waals surface area contributed by atoms with Gasteiger partial charge in [-0.25, -0.2) is 4.98 Å². The van der Waals surface area contributed by atoms with Gasteiger partial charge in [-0.15, -0.1) is 0 Å². The molecule has 0 aliphatic rings. The molecule has 0 bridgehead atoms. The Hall–Kier alpha value is -2.12. The first-order chi connectivity index (χ1) is 12.1. The summed E-state index contributed by atoms with van der Waals surface area (Å²) in [7, 11) is 0. The van der Waals surface area contributed by atoms with Gasteiger partial charge in [-0.1, -0.05) is 47.8 Å². The molecular formula is C18H14F2N2OS2. The average Bonchev–Trinajstić information content (AvgIpc) is 2.61. The van der Waals surface area contributed by atoms with Crippen molar-refractivity contribution in [3.8, 4) is 0 Å². The Morgan fingerprint density at radius 3 is 2.56 bits per heavy atom. The Bertz CT molecular complexity index is 872. The van der Waals surface area contributed by atoms with Crippen molar-refractivity contribution in [1.82, 2.24) is 4.98 Å². The van der Waals surface area contributed by atoms with Gasteiger partial charge in [-0.05, 0) is 36.4 Å². The van der Waals surface area contributed by atoms with Crippen LogP contribution in [-0.4, -0.2) is 22.4 Å². The number of hydrogen-bond donors (Lipinski definition) is 1. The molecule has 3 rings (SSSR count). The number of alkyl halides is 2. The van der Waals surface area contributed by atoms with E-state index in [1.54, 1.807) is 24.3 Å². The molecule has 1 aromatic heterocycles. The number of nitrogens with one attached hydrogen (secondary N) is 1. The van der Waals surface area contributed by atoms with E-state index in [4.69, 9.17) is 0 Å². The van der Waals surface area contributed by atoms with E-state index in [1.165, 1.54) is 11.8 Å². The van der Waals surface area contributed by atoms with Crippen LogP contribution in [0.15, 0.2) is 70.6 Å². The van der Waals surface area contributed by atoms with Gasteiger partial charge in [-0.2, -0.15) is 8.78 Å². The Morgan fingerprint density at radius 2 is 1.80 bits per heavy atom. The number of halogens is 2. The Morgan fingerprint density at radius 1 is 1.04 bits per heavy atom. The number of thioether (sulfide) groups is 2. The lowest BCUT2D eigenvalue weighted by Crippen LogP contribution is -2.14. The molecule has 0 unspecified atom stereocenters. The fourth-order valence-electron chi connectivity index (χ4n) is 2.18. The van der Waals surface area contributed by atoms with Gasteiger partial charge >= 0.3 is 0 Å². The molecule has 128 valence electrons. The fraction of sp³-hybridized carbons (Fsp3) is 0.111. The number of anilines is 1. The second-order valence-corrected chi connectivity index (χ2v) is 7.14. The minimum Gasteiger partial charge on any atom is -0.325 e. The zero-order chi connectivity index (χ0) is 17.6.